The van der Waals surface area contributed by atoms with Gasteiger partial charge in [-0.3, -0.25) is 0 Å². The molecule has 0 saturated heterocycles. The molecule has 0 unspecified atom stereocenters. The molecular weight excluding hydrogens is 277 g/mol. The van der Waals surface area contributed by atoms with Gasteiger partial charge in [-0.05, 0) is 0 Å². The van der Waals surface area contributed by atoms with Crippen molar-refractivity contribution in [1.82, 2.24) is 20.0 Å². The average molecular weight is 288 g/mol. The summed E-state index contributed by atoms with van der Waals surface area (Å²) in [7, 11) is 2.93. The zero-order chi connectivity index (χ0) is 14.8. The molecule has 0 amide bonds. The van der Waals surface area contributed by atoms with Crippen LogP contribution in [0.1, 0.15) is 5.69 Å². The van der Waals surface area contributed by atoms with Crippen molar-refractivity contribution < 1.29 is 22.6 Å². The second-order valence-corrected chi connectivity index (χ2v) is 3.93. The molecule has 20 heavy (non-hydrogen) atoms. The van der Waals surface area contributed by atoms with Gasteiger partial charge in [-0.25, -0.2) is 4.68 Å². The lowest BCUT2D eigenvalue weighted by molar-refractivity contribution is -0.127. The Hall–Kier alpha value is -2.32. The largest absolute Gasteiger partial charge is 0.495 e. The quantitative estimate of drug-likeness (QED) is 0.862. The first-order valence-electron chi connectivity index (χ1n) is 5.51. The third-order valence-corrected chi connectivity index (χ3v) is 2.32. The minimum absolute atomic E-state index is 0.103. The van der Waals surface area contributed by atoms with E-state index in [1.165, 1.54) is 37.2 Å². The third kappa shape index (κ3) is 3.59. The number of nitrogens with zero attached hydrogens (tertiary/aromatic N) is 4. The molecule has 2 aromatic rings. The molecular formula is C11H11F3N4O2. The van der Waals surface area contributed by atoms with E-state index < -0.39 is 12.6 Å². The van der Waals surface area contributed by atoms with E-state index in [1.54, 1.807) is 0 Å². The molecule has 2 rings (SSSR count). The van der Waals surface area contributed by atoms with Crippen molar-refractivity contribution in [1.29, 1.82) is 0 Å². The first kappa shape index (κ1) is 14.1. The number of hydrogen-bond acceptors (Lipinski definition) is 5. The van der Waals surface area contributed by atoms with Crippen molar-refractivity contribution in [2.45, 2.75) is 12.6 Å². The van der Waals surface area contributed by atoms with Crippen LogP contribution in [0.25, 0.3) is 0 Å². The maximum Gasteiger partial charge on any atom is 0.394 e. The van der Waals surface area contributed by atoms with Crippen molar-refractivity contribution in [3.05, 3.63) is 24.0 Å². The summed E-state index contributed by atoms with van der Waals surface area (Å²) < 4.78 is 48.3. The maximum atomic E-state index is 12.3. The average Bonchev–Trinajstić information content (AvgIpc) is 2.67. The summed E-state index contributed by atoms with van der Waals surface area (Å²) in [5.41, 5.74) is -0.133. The van der Waals surface area contributed by atoms with Crippen LogP contribution < -0.4 is 9.47 Å². The zero-order valence-corrected chi connectivity index (χ0v) is 10.7. The number of rotatable bonds is 4. The number of aromatic nitrogens is 4. The Labute approximate surface area is 112 Å². The van der Waals surface area contributed by atoms with E-state index in [0.29, 0.717) is 5.75 Å². The number of aryl methyl sites for hydroxylation is 1. The van der Waals surface area contributed by atoms with Gasteiger partial charge in [-0.2, -0.15) is 23.4 Å². The van der Waals surface area contributed by atoms with Crippen molar-refractivity contribution in [2.75, 3.05) is 7.11 Å². The summed E-state index contributed by atoms with van der Waals surface area (Å²) >= 11 is 0. The van der Waals surface area contributed by atoms with E-state index in [4.69, 9.17) is 9.47 Å². The highest BCUT2D eigenvalue weighted by molar-refractivity contribution is 5.27. The van der Waals surface area contributed by atoms with Crippen LogP contribution in [-0.2, 0) is 13.5 Å². The molecule has 0 radical (unpaired) electrons. The van der Waals surface area contributed by atoms with E-state index in [2.05, 4.69) is 15.3 Å². The van der Waals surface area contributed by atoms with Gasteiger partial charge in [0.05, 0.1) is 25.4 Å². The number of ether oxygens (including phenoxy) is 2. The highest BCUT2D eigenvalue weighted by Gasteiger charge is 2.29. The molecule has 0 aliphatic rings. The molecule has 0 fully saturated rings. The Morgan fingerprint density at radius 2 is 2.05 bits per heavy atom. The van der Waals surface area contributed by atoms with Gasteiger partial charge in [-0.1, -0.05) is 0 Å². The minimum Gasteiger partial charge on any atom is -0.495 e. The van der Waals surface area contributed by atoms with Gasteiger partial charge in [-0.15, -0.1) is 5.10 Å². The molecule has 0 spiro atoms. The van der Waals surface area contributed by atoms with Crippen molar-refractivity contribution in [3.8, 4) is 17.5 Å². The van der Waals surface area contributed by atoms with E-state index in [1.807, 2.05) is 0 Å². The molecule has 0 aromatic carbocycles. The van der Waals surface area contributed by atoms with Crippen LogP contribution in [0.3, 0.4) is 0 Å². The van der Waals surface area contributed by atoms with Gasteiger partial charge in [0.1, 0.15) is 5.75 Å². The standard InChI is InChI=1S/C11H11F3N4O2/c1-18-10(3-7(17-18)5-11(12,13)14)20-9-4-8(19-2)6-15-16-9/h3-4,6H,5H2,1-2H3. The van der Waals surface area contributed by atoms with Crippen LogP contribution in [-0.4, -0.2) is 33.3 Å². The second-order valence-electron chi connectivity index (χ2n) is 3.93. The van der Waals surface area contributed by atoms with E-state index in [9.17, 15) is 13.2 Å². The van der Waals surface area contributed by atoms with Crippen molar-refractivity contribution >= 4 is 0 Å². The maximum absolute atomic E-state index is 12.3. The monoisotopic (exact) mass is 288 g/mol. The van der Waals surface area contributed by atoms with E-state index in [-0.39, 0.29) is 17.5 Å². The Bertz CT molecular complexity index is 598. The predicted molar refractivity (Wildman–Crippen MR) is 61.6 cm³/mol. The molecule has 2 heterocycles. The molecule has 0 bridgehead atoms. The molecule has 9 heteroatoms. The first-order valence-corrected chi connectivity index (χ1v) is 5.51. The Balaban J connectivity index is 2.17. The van der Waals surface area contributed by atoms with Crippen LogP contribution in [0.15, 0.2) is 18.3 Å². The lowest BCUT2D eigenvalue weighted by atomic mass is 10.3. The lowest BCUT2D eigenvalue weighted by Crippen LogP contribution is -2.12. The van der Waals surface area contributed by atoms with E-state index >= 15 is 0 Å². The Morgan fingerprint density at radius 3 is 2.70 bits per heavy atom. The molecule has 2 aromatic heterocycles. The van der Waals surface area contributed by atoms with Gasteiger partial charge in [0.25, 0.3) is 0 Å². The fourth-order valence-corrected chi connectivity index (χ4v) is 1.49. The summed E-state index contributed by atoms with van der Waals surface area (Å²) in [4.78, 5) is 0. The number of alkyl halides is 3. The van der Waals surface area contributed by atoms with Gasteiger partial charge >= 0.3 is 6.18 Å². The topological polar surface area (TPSA) is 62.1 Å². The number of hydrogen-bond donors (Lipinski definition) is 0. The highest BCUT2D eigenvalue weighted by Crippen LogP contribution is 2.25. The lowest BCUT2D eigenvalue weighted by Gasteiger charge is -2.04. The third-order valence-electron chi connectivity index (χ3n) is 2.32. The molecule has 0 saturated carbocycles. The second kappa shape index (κ2) is 5.35. The van der Waals surface area contributed by atoms with Gasteiger partial charge in [0, 0.05) is 19.2 Å². The number of halogens is 3. The normalized spacial score (nSPS) is 11.4. The predicted octanol–water partition coefficient (Wildman–Crippen LogP) is 2.12. The molecule has 0 atom stereocenters. The molecule has 0 N–H and O–H groups in total. The zero-order valence-electron chi connectivity index (χ0n) is 10.7. The van der Waals surface area contributed by atoms with Gasteiger partial charge in [0.2, 0.25) is 11.8 Å². The van der Waals surface area contributed by atoms with Crippen LogP contribution in [0.2, 0.25) is 0 Å². The fourth-order valence-electron chi connectivity index (χ4n) is 1.49. The Kier molecular flexibility index (Phi) is 3.77. The van der Waals surface area contributed by atoms with E-state index in [0.717, 1.165) is 0 Å². The highest BCUT2D eigenvalue weighted by atomic mass is 19.4. The van der Waals surface area contributed by atoms with Gasteiger partial charge < -0.3 is 9.47 Å². The summed E-state index contributed by atoms with van der Waals surface area (Å²) in [6.45, 7) is 0. The van der Waals surface area contributed by atoms with Crippen LogP contribution in [0, 0.1) is 0 Å². The summed E-state index contributed by atoms with van der Waals surface area (Å²) in [5.74, 6) is 0.658. The molecule has 0 aliphatic heterocycles. The Morgan fingerprint density at radius 1 is 1.30 bits per heavy atom. The molecule has 108 valence electrons. The van der Waals surface area contributed by atoms with Gasteiger partial charge in [0.15, 0.2) is 0 Å². The first-order chi connectivity index (χ1) is 9.37. The van der Waals surface area contributed by atoms with Crippen molar-refractivity contribution in [2.24, 2.45) is 7.05 Å². The molecule has 0 aliphatic carbocycles. The van der Waals surface area contributed by atoms with Crippen LogP contribution >= 0.6 is 0 Å². The SMILES string of the molecule is COc1cnnc(Oc2cc(CC(F)(F)F)nn2C)c1. The van der Waals surface area contributed by atoms with Crippen LogP contribution in [0.5, 0.6) is 17.5 Å². The fraction of sp³-hybridized carbons (Fsp3) is 0.364. The number of methoxy groups -OCH3 is 1. The smallest absolute Gasteiger partial charge is 0.394 e. The summed E-state index contributed by atoms with van der Waals surface area (Å²) in [6, 6.07) is 2.66. The summed E-state index contributed by atoms with van der Waals surface area (Å²) in [6.07, 6.45) is -4.05. The minimum atomic E-state index is -4.32. The van der Waals surface area contributed by atoms with Crippen molar-refractivity contribution in [3.63, 3.8) is 0 Å². The summed E-state index contributed by atoms with van der Waals surface area (Å²) in [5, 5.41) is 11.1. The van der Waals surface area contributed by atoms with Crippen LogP contribution in [0.4, 0.5) is 13.2 Å². The molecule has 6 nitrogen and oxygen atoms in total.